The Morgan fingerprint density at radius 3 is 2.69 bits per heavy atom. The van der Waals surface area contributed by atoms with Crippen LogP contribution in [-0.4, -0.2) is 47.3 Å². The van der Waals surface area contributed by atoms with Crippen molar-refractivity contribution in [3.05, 3.63) is 47.1 Å². The molecule has 2 atom stereocenters. The van der Waals surface area contributed by atoms with Crippen LogP contribution in [-0.2, 0) is 18.0 Å². The number of fused-ring (bicyclic) bond motifs is 1. The molecule has 0 aromatic carbocycles. The zero-order valence-electron chi connectivity index (χ0n) is 20.9. The predicted molar refractivity (Wildman–Crippen MR) is 141 cm³/mol. The third kappa shape index (κ3) is 4.68. The van der Waals surface area contributed by atoms with Crippen molar-refractivity contribution < 1.29 is 4.21 Å². The van der Waals surface area contributed by atoms with Gasteiger partial charge in [0.25, 0.3) is 5.56 Å². The van der Waals surface area contributed by atoms with Crippen molar-refractivity contribution in [1.82, 2.24) is 23.9 Å². The lowest BCUT2D eigenvalue weighted by molar-refractivity contribution is 0.187. The summed E-state index contributed by atoms with van der Waals surface area (Å²) >= 11 is 1.43. The summed E-state index contributed by atoms with van der Waals surface area (Å²) in [4.78, 5) is 21.8. The number of nitrogens with one attached hydrogen (secondary N) is 1. The molecule has 2 aliphatic rings. The van der Waals surface area contributed by atoms with E-state index < -0.39 is 11.0 Å². The SMILES string of the molecule is Cn1c(N2CCC3(CCC[C@H]3NS(=O)C(C)(C)C)CC2)ncc(Sc2cccn3nccc23)c1=O. The summed E-state index contributed by atoms with van der Waals surface area (Å²) in [5.41, 5.74) is 1.11. The summed E-state index contributed by atoms with van der Waals surface area (Å²) in [5.74, 6) is 0.720. The molecule has 1 unspecified atom stereocenters. The fourth-order valence-corrected chi connectivity index (χ4v) is 7.35. The summed E-state index contributed by atoms with van der Waals surface area (Å²) in [6.45, 7) is 7.75. The zero-order valence-corrected chi connectivity index (χ0v) is 22.5. The number of aromatic nitrogens is 4. The lowest BCUT2D eigenvalue weighted by Gasteiger charge is -2.44. The Hall–Kier alpha value is -2.17. The standard InChI is InChI=1S/C25H34N6O2S2/c1-24(2,3)35(33)28-21-8-5-10-25(21)11-15-30(16-12-25)23-26-17-20(22(32)29(23)4)34-19-7-6-14-31-18(19)9-13-27-31/h6-7,9,13-14,17,21,28H,5,8,10-12,15-16H2,1-4H3/t21-,35?/m1/s1. The van der Waals surface area contributed by atoms with Crippen molar-refractivity contribution in [2.24, 2.45) is 12.5 Å². The van der Waals surface area contributed by atoms with Gasteiger partial charge in [0.15, 0.2) is 0 Å². The van der Waals surface area contributed by atoms with Crippen molar-refractivity contribution in [2.75, 3.05) is 18.0 Å². The molecule has 1 N–H and O–H groups in total. The van der Waals surface area contributed by atoms with Crippen LogP contribution in [0.15, 0.2) is 51.4 Å². The third-order valence-corrected chi connectivity index (χ3v) is 10.2. The minimum Gasteiger partial charge on any atom is -0.342 e. The maximum Gasteiger partial charge on any atom is 0.268 e. The summed E-state index contributed by atoms with van der Waals surface area (Å²) in [7, 11) is 0.749. The summed E-state index contributed by atoms with van der Waals surface area (Å²) in [6.07, 6.45) is 10.8. The highest BCUT2D eigenvalue weighted by atomic mass is 32.2. The number of piperidine rings is 1. The first-order chi connectivity index (χ1) is 16.7. The van der Waals surface area contributed by atoms with E-state index in [1.54, 1.807) is 21.5 Å². The van der Waals surface area contributed by atoms with Gasteiger partial charge in [0.2, 0.25) is 5.95 Å². The van der Waals surface area contributed by atoms with E-state index in [2.05, 4.69) is 14.7 Å². The average Bonchev–Trinajstić information content (AvgIpc) is 3.45. The maximum atomic E-state index is 13.2. The van der Waals surface area contributed by atoms with E-state index in [-0.39, 0.29) is 21.8 Å². The topological polar surface area (TPSA) is 84.5 Å². The second-order valence-corrected chi connectivity index (χ2v) is 13.8. The van der Waals surface area contributed by atoms with E-state index in [1.807, 2.05) is 52.2 Å². The molecule has 5 rings (SSSR count). The van der Waals surface area contributed by atoms with Crippen LogP contribution in [0, 0.1) is 5.41 Å². The van der Waals surface area contributed by atoms with Gasteiger partial charge in [-0.2, -0.15) is 5.10 Å². The lowest BCUT2D eigenvalue weighted by atomic mass is 9.74. The van der Waals surface area contributed by atoms with E-state index in [4.69, 9.17) is 4.98 Å². The summed E-state index contributed by atoms with van der Waals surface area (Å²) in [6, 6.07) is 6.16. The molecule has 0 bridgehead atoms. The third-order valence-electron chi connectivity index (χ3n) is 7.48. The number of nitrogens with zero attached hydrogens (tertiary/aromatic N) is 5. The normalized spacial score (nSPS) is 21.1. The molecule has 2 fully saturated rings. The molecular weight excluding hydrogens is 480 g/mol. The van der Waals surface area contributed by atoms with Gasteiger partial charge < -0.3 is 4.90 Å². The van der Waals surface area contributed by atoms with E-state index in [0.717, 1.165) is 48.7 Å². The fourth-order valence-electron chi connectivity index (χ4n) is 5.39. The Kier molecular flexibility index (Phi) is 6.56. The second kappa shape index (κ2) is 9.37. The predicted octanol–water partition coefficient (Wildman–Crippen LogP) is 3.77. The van der Waals surface area contributed by atoms with Crippen molar-refractivity contribution >= 4 is 34.2 Å². The molecule has 1 saturated carbocycles. The summed E-state index contributed by atoms with van der Waals surface area (Å²) < 4.78 is 19.5. The first-order valence-corrected chi connectivity index (χ1v) is 14.2. The van der Waals surface area contributed by atoms with Crippen molar-refractivity contribution in [3.63, 3.8) is 0 Å². The number of anilines is 1. The Bertz CT molecular complexity index is 1300. The number of pyridine rings is 1. The monoisotopic (exact) mass is 514 g/mol. The van der Waals surface area contributed by atoms with Crippen LogP contribution in [0.1, 0.15) is 52.9 Å². The molecule has 4 heterocycles. The van der Waals surface area contributed by atoms with Gasteiger partial charge in [0, 0.05) is 37.3 Å². The average molecular weight is 515 g/mol. The van der Waals surface area contributed by atoms with Crippen molar-refractivity contribution in [1.29, 1.82) is 0 Å². The van der Waals surface area contributed by atoms with Crippen LogP contribution in [0.3, 0.4) is 0 Å². The zero-order chi connectivity index (χ0) is 24.8. The maximum absolute atomic E-state index is 13.2. The van der Waals surface area contributed by atoms with Gasteiger partial charge in [-0.25, -0.2) is 18.4 Å². The minimum absolute atomic E-state index is 0.0391. The molecule has 10 heteroatoms. The highest BCUT2D eigenvalue weighted by molar-refractivity contribution is 7.99. The molecule has 1 spiro atoms. The van der Waals surface area contributed by atoms with Crippen LogP contribution in [0.2, 0.25) is 0 Å². The van der Waals surface area contributed by atoms with Gasteiger partial charge in [-0.05, 0) is 70.1 Å². The van der Waals surface area contributed by atoms with Gasteiger partial charge in [-0.3, -0.25) is 9.36 Å². The molecular formula is C25H34N6O2S2. The highest BCUT2D eigenvalue weighted by Crippen LogP contribution is 2.47. The molecule has 0 amide bonds. The largest absolute Gasteiger partial charge is 0.342 e. The van der Waals surface area contributed by atoms with Crippen LogP contribution in [0.25, 0.3) is 5.52 Å². The van der Waals surface area contributed by atoms with E-state index in [1.165, 1.54) is 24.6 Å². The van der Waals surface area contributed by atoms with Crippen LogP contribution >= 0.6 is 11.8 Å². The molecule has 35 heavy (non-hydrogen) atoms. The number of hydrogen-bond donors (Lipinski definition) is 1. The van der Waals surface area contributed by atoms with Crippen molar-refractivity contribution in [3.8, 4) is 0 Å². The molecule has 3 aromatic rings. The molecule has 1 aliphatic heterocycles. The van der Waals surface area contributed by atoms with Crippen LogP contribution in [0.4, 0.5) is 5.95 Å². The molecule has 3 aromatic heterocycles. The van der Waals surface area contributed by atoms with Gasteiger partial charge >= 0.3 is 0 Å². The Balaban J connectivity index is 1.30. The molecule has 8 nitrogen and oxygen atoms in total. The van der Waals surface area contributed by atoms with E-state index in [9.17, 15) is 9.00 Å². The van der Waals surface area contributed by atoms with Gasteiger partial charge in [0.1, 0.15) is 0 Å². The fraction of sp³-hybridized carbons (Fsp3) is 0.560. The molecule has 188 valence electrons. The van der Waals surface area contributed by atoms with Crippen LogP contribution < -0.4 is 15.2 Å². The molecule has 1 aliphatic carbocycles. The first-order valence-electron chi connectivity index (χ1n) is 12.3. The van der Waals surface area contributed by atoms with Gasteiger partial charge in [-0.1, -0.05) is 18.2 Å². The Morgan fingerprint density at radius 1 is 1.17 bits per heavy atom. The van der Waals surface area contributed by atoms with Crippen molar-refractivity contribution in [2.45, 2.75) is 73.5 Å². The first kappa shape index (κ1) is 24.5. The summed E-state index contributed by atoms with van der Waals surface area (Å²) in [5, 5.41) is 4.28. The highest BCUT2D eigenvalue weighted by Gasteiger charge is 2.46. The van der Waals surface area contributed by atoms with Gasteiger partial charge in [-0.15, -0.1) is 0 Å². The number of hydrogen-bond acceptors (Lipinski definition) is 6. The Morgan fingerprint density at radius 2 is 1.94 bits per heavy atom. The van der Waals surface area contributed by atoms with Gasteiger partial charge in [0.05, 0.1) is 38.5 Å². The van der Waals surface area contributed by atoms with Crippen LogP contribution in [0.5, 0.6) is 0 Å². The molecule has 0 radical (unpaired) electrons. The minimum atomic E-state index is -1.06. The van der Waals surface area contributed by atoms with E-state index >= 15 is 0 Å². The van der Waals surface area contributed by atoms with E-state index in [0.29, 0.717) is 4.90 Å². The lowest BCUT2D eigenvalue weighted by Crippen LogP contribution is -2.51. The quantitative estimate of drug-likeness (QED) is 0.558. The smallest absolute Gasteiger partial charge is 0.268 e. The Labute approximate surface area is 213 Å². The molecule has 1 saturated heterocycles. The number of rotatable bonds is 5. The second-order valence-electron chi connectivity index (χ2n) is 10.7.